The molecule has 0 amide bonds. The Morgan fingerprint density at radius 3 is 2.28 bits per heavy atom. The van der Waals surface area contributed by atoms with Crippen LogP contribution in [0, 0.1) is 17.8 Å². The van der Waals surface area contributed by atoms with Gasteiger partial charge in [-0.1, -0.05) is 57.8 Å². The molecule has 1 N–H and O–H groups in total. The average Bonchev–Trinajstić information content (AvgIpc) is 3.22. The monoisotopic (exact) mass is 250 g/mol. The maximum atomic E-state index is 11.2. The smallest absolute Gasteiger partial charge is 0.0678 e. The summed E-state index contributed by atoms with van der Waals surface area (Å²) in [5.41, 5.74) is -0.275. The normalized spacial score (nSPS) is 38.8. The molecule has 0 aromatic heterocycles. The third kappa shape index (κ3) is 2.92. The molecule has 0 saturated heterocycles. The Hall–Kier alpha value is -0.0400. The van der Waals surface area contributed by atoms with E-state index in [1.165, 1.54) is 70.6 Å². The van der Waals surface area contributed by atoms with E-state index in [1.807, 2.05) is 0 Å². The molecule has 0 bridgehead atoms. The fourth-order valence-electron chi connectivity index (χ4n) is 4.63. The predicted molar refractivity (Wildman–Crippen MR) is 75.4 cm³/mol. The minimum atomic E-state index is -0.275. The molecular formula is C17H30O. The maximum Gasteiger partial charge on any atom is 0.0678 e. The summed E-state index contributed by atoms with van der Waals surface area (Å²) in [5, 5.41) is 11.2. The van der Waals surface area contributed by atoms with Crippen molar-refractivity contribution in [1.29, 1.82) is 0 Å². The molecule has 0 radical (unpaired) electrons. The molecule has 3 rings (SSSR count). The molecule has 18 heavy (non-hydrogen) atoms. The summed E-state index contributed by atoms with van der Waals surface area (Å²) in [6, 6.07) is 0. The molecule has 1 heteroatoms. The second-order valence-corrected chi connectivity index (χ2v) is 7.34. The molecule has 104 valence electrons. The van der Waals surface area contributed by atoms with Crippen LogP contribution in [0.15, 0.2) is 0 Å². The summed E-state index contributed by atoms with van der Waals surface area (Å²) >= 11 is 0. The molecule has 0 heterocycles. The first kappa shape index (κ1) is 13.0. The second-order valence-electron chi connectivity index (χ2n) is 7.34. The highest BCUT2D eigenvalue weighted by Gasteiger charge is 2.43. The average molecular weight is 250 g/mol. The molecular weight excluding hydrogens is 220 g/mol. The highest BCUT2D eigenvalue weighted by atomic mass is 16.3. The van der Waals surface area contributed by atoms with Crippen LogP contribution < -0.4 is 0 Å². The van der Waals surface area contributed by atoms with Crippen molar-refractivity contribution in [2.45, 2.75) is 89.1 Å². The zero-order valence-electron chi connectivity index (χ0n) is 11.9. The number of aliphatic hydroxyl groups is 1. The molecule has 0 spiro atoms. The van der Waals surface area contributed by atoms with Gasteiger partial charge in [0.2, 0.25) is 0 Å². The van der Waals surface area contributed by atoms with Crippen LogP contribution in [0.2, 0.25) is 0 Å². The summed E-state index contributed by atoms with van der Waals surface area (Å²) < 4.78 is 0. The van der Waals surface area contributed by atoms with Gasteiger partial charge in [0.05, 0.1) is 5.60 Å². The van der Waals surface area contributed by atoms with Crippen LogP contribution in [0.4, 0.5) is 0 Å². The van der Waals surface area contributed by atoms with Gasteiger partial charge >= 0.3 is 0 Å². The van der Waals surface area contributed by atoms with Crippen LogP contribution in [0.1, 0.15) is 83.5 Å². The van der Waals surface area contributed by atoms with Gasteiger partial charge in [-0.05, 0) is 43.4 Å². The minimum absolute atomic E-state index is 0.275. The summed E-state index contributed by atoms with van der Waals surface area (Å²) in [4.78, 5) is 0. The zero-order valence-corrected chi connectivity index (χ0v) is 11.9. The Morgan fingerprint density at radius 1 is 0.833 bits per heavy atom. The Morgan fingerprint density at radius 2 is 1.56 bits per heavy atom. The third-order valence-corrected chi connectivity index (χ3v) is 5.97. The van der Waals surface area contributed by atoms with Crippen LogP contribution in [0.3, 0.4) is 0 Å². The van der Waals surface area contributed by atoms with E-state index in [4.69, 9.17) is 0 Å². The molecule has 3 aliphatic rings. The van der Waals surface area contributed by atoms with Crippen molar-refractivity contribution >= 4 is 0 Å². The Labute approximate surface area is 112 Å². The largest absolute Gasteiger partial charge is 0.390 e. The van der Waals surface area contributed by atoms with E-state index in [-0.39, 0.29) is 5.60 Å². The lowest BCUT2D eigenvalue weighted by atomic mass is 9.64. The van der Waals surface area contributed by atoms with Crippen molar-refractivity contribution in [2.24, 2.45) is 17.8 Å². The van der Waals surface area contributed by atoms with Gasteiger partial charge in [-0.15, -0.1) is 0 Å². The van der Waals surface area contributed by atoms with Gasteiger partial charge in [0, 0.05) is 0 Å². The molecule has 0 aromatic carbocycles. The van der Waals surface area contributed by atoms with Gasteiger partial charge in [0.25, 0.3) is 0 Å². The Balaban J connectivity index is 1.62. The van der Waals surface area contributed by atoms with Crippen molar-refractivity contribution in [2.75, 3.05) is 0 Å². The minimum Gasteiger partial charge on any atom is -0.390 e. The summed E-state index contributed by atoms with van der Waals surface area (Å²) in [6.45, 7) is 0. The number of rotatable bonds is 4. The SMILES string of the molecule is OC1(CCC2CC2)CCCCC1C1CCCCC1. The first-order chi connectivity index (χ1) is 8.78. The van der Waals surface area contributed by atoms with E-state index in [1.54, 1.807) is 0 Å². The van der Waals surface area contributed by atoms with Crippen LogP contribution >= 0.6 is 0 Å². The Kier molecular flexibility index (Phi) is 3.98. The quantitative estimate of drug-likeness (QED) is 0.768. The van der Waals surface area contributed by atoms with Crippen molar-refractivity contribution in [3.8, 4) is 0 Å². The molecule has 0 aliphatic heterocycles. The predicted octanol–water partition coefficient (Wildman–Crippen LogP) is 4.68. The first-order valence-corrected chi connectivity index (χ1v) is 8.50. The molecule has 3 aliphatic carbocycles. The molecule has 2 atom stereocenters. The topological polar surface area (TPSA) is 20.2 Å². The van der Waals surface area contributed by atoms with Crippen LogP contribution in [-0.4, -0.2) is 10.7 Å². The third-order valence-electron chi connectivity index (χ3n) is 5.97. The van der Waals surface area contributed by atoms with Gasteiger partial charge in [-0.3, -0.25) is 0 Å². The van der Waals surface area contributed by atoms with Crippen LogP contribution in [0.5, 0.6) is 0 Å². The molecule has 0 aromatic rings. The number of hydrogen-bond acceptors (Lipinski definition) is 1. The van der Waals surface area contributed by atoms with Crippen molar-refractivity contribution < 1.29 is 5.11 Å². The molecule has 3 saturated carbocycles. The van der Waals surface area contributed by atoms with Crippen LogP contribution in [0.25, 0.3) is 0 Å². The van der Waals surface area contributed by atoms with Crippen molar-refractivity contribution in [1.82, 2.24) is 0 Å². The lowest BCUT2D eigenvalue weighted by molar-refractivity contribution is -0.0847. The molecule has 3 fully saturated rings. The van der Waals surface area contributed by atoms with Gasteiger partial charge in [0.15, 0.2) is 0 Å². The lowest BCUT2D eigenvalue weighted by Gasteiger charge is -2.45. The molecule has 1 nitrogen and oxygen atoms in total. The zero-order chi connectivity index (χ0) is 12.4. The van der Waals surface area contributed by atoms with Crippen molar-refractivity contribution in [3.63, 3.8) is 0 Å². The molecule has 2 unspecified atom stereocenters. The summed E-state index contributed by atoms with van der Waals surface area (Å²) in [6.07, 6.45) is 17.4. The van der Waals surface area contributed by atoms with E-state index in [0.717, 1.165) is 24.7 Å². The summed E-state index contributed by atoms with van der Waals surface area (Å²) in [5.74, 6) is 2.47. The van der Waals surface area contributed by atoms with E-state index in [9.17, 15) is 5.11 Å². The first-order valence-electron chi connectivity index (χ1n) is 8.50. The highest BCUT2D eigenvalue weighted by molar-refractivity contribution is 4.95. The van der Waals surface area contributed by atoms with E-state index >= 15 is 0 Å². The van der Waals surface area contributed by atoms with Gasteiger partial charge in [-0.2, -0.15) is 0 Å². The highest BCUT2D eigenvalue weighted by Crippen LogP contribution is 2.47. The lowest BCUT2D eigenvalue weighted by Crippen LogP contribution is -2.45. The van der Waals surface area contributed by atoms with Crippen molar-refractivity contribution in [3.05, 3.63) is 0 Å². The van der Waals surface area contributed by atoms with Gasteiger partial charge < -0.3 is 5.11 Å². The van der Waals surface area contributed by atoms with E-state index in [0.29, 0.717) is 5.92 Å². The second kappa shape index (κ2) is 5.53. The number of hydrogen-bond donors (Lipinski definition) is 1. The van der Waals surface area contributed by atoms with E-state index < -0.39 is 0 Å². The fraction of sp³-hybridized carbons (Fsp3) is 1.00. The Bertz CT molecular complexity index is 265. The van der Waals surface area contributed by atoms with Gasteiger partial charge in [0.1, 0.15) is 0 Å². The van der Waals surface area contributed by atoms with E-state index in [2.05, 4.69) is 0 Å². The fourth-order valence-corrected chi connectivity index (χ4v) is 4.63. The van der Waals surface area contributed by atoms with Gasteiger partial charge in [-0.25, -0.2) is 0 Å². The summed E-state index contributed by atoms with van der Waals surface area (Å²) in [7, 11) is 0. The van der Waals surface area contributed by atoms with Crippen LogP contribution in [-0.2, 0) is 0 Å². The maximum absolute atomic E-state index is 11.2. The standard InChI is InChI=1S/C17H30O/c18-17(13-11-14-9-10-14)12-5-4-8-16(17)15-6-2-1-3-7-15/h14-16,18H,1-13H2.